The van der Waals surface area contributed by atoms with E-state index in [9.17, 15) is 5.26 Å². The standard InChI is InChI=1S/C22H28N2/c1-17(2)24(18(3)4)15-14-22(16-23)21-12-10-20(11-13-21)19-8-6-5-7-9-19/h5-13,17-18,22H,14-15H2,1-4H3. The molecule has 2 aromatic rings. The first kappa shape index (κ1) is 18.2. The summed E-state index contributed by atoms with van der Waals surface area (Å²) in [6, 6.07) is 22.3. The molecule has 2 nitrogen and oxygen atoms in total. The molecule has 0 aromatic heterocycles. The number of nitrogens with zero attached hydrogens (tertiary/aromatic N) is 2. The van der Waals surface area contributed by atoms with E-state index in [0.29, 0.717) is 12.1 Å². The average molecular weight is 320 g/mol. The Hall–Kier alpha value is -2.11. The molecule has 0 fully saturated rings. The Morgan fingerprint density at radius 3 is 1.88 bits per heavy atom. The van der Waals surface area contributed by atoms with Crippen LogP contribution in [0.3, 0.4) is 0 Å². The van der Waals surface area contributed by atoms with E-state index in [2.05, 4.69) is 75.1 Å². The van der Waals surface area contributed by atoms with Crippen molar-refractivity contribution < 1.29 is 0 Å². The molecule has 1 unspecified atom stereocenters. The summed E-state index contributed by atoms with van der Waals surface area (Å²) >= 11 is 0. The van der Waals surface area contributed by atoms with E-state index in [-0.39, 0.29) is 5.92 Å². The molecule has 2 aromatic carbocycles. The molecule has 0 heterocycles. The molecule has 0 radical (unpaired) electrons. The predicted octanol–water partition coefficient (Wildman–Crippen LogP) is 5.47. The molecule has 0 amide bonds. The van der Waals surface area contributed by atoms with Gasteiger partial charge < -0.3 is 0 Å². The second kappa shape index (κ2) is 8.66. The third kappa shape index (κ3) is 4.69. The fourth-order valence-electron chi connectivity index (χ4n) is 3.24. The molecule has 0 aliphatic heterocycles. The fraction of sp³-hybridized carbons (Fsp3) is 0.409. The highest BCUT2D eigenvalue weighted by molar-refractivity contribution is 5.63. The molecule has 0 aliphatic carbocycles. The number of rotatable bonds is 7. The highest BCUT2D eigenvalue weighted by atomic mass is 15.2. The van der Waals surface area contributed by atoms with Crippen molar-refractivity contribution in [2.75, 3.05) is 6.54 Å². The summed E-state index contributed by atoms with van der Waals surface area (Å²) < 4.78 is 0. The molecule has 126 valence electrons. The number of nitriles is 1. The van der Waals surface area contributed by atoms with E-state index in [4.69, 9.17) is 0 Å². The number of hydrogen-bond donors (Lipinski definition) is 0. The molecular weight excluding hydrogens is 292 g/mol. The zero-order valence-corrected chi connectivity index (χ0v) is 15.2. The molecule has 2 rings (SSSR count). The SMILES string of the molecule is CC(C)N(CCC(C#N)c1ccc(-c2ccccc2)cc1)C(C)C. The maximum absolute atomic E-state index is 9.59. The maximum Gasteiger partial charge on any atom is 0.0724 e. The molecule has 0 spiro atoms. The highest BCUT2D eigenvalue weighted by Crippen LogP contribution is 2.25. The maximum atomic E-state index is 9.59. The molecule has 1 atom stereocenters. The molecule has 0 N–H and O–H groups in total. The van der Waals surface area contributed by atoms with Gasteiger partial charge in [-0.3, -0.25) is 4.90 Å². The van der Waals surface area contributed by atoms with Gasteiger partial charge >= 0.3 is 0 Å². The van der Waals surface area contributed by atoms with Gasteiger partial charge in [0, 0.05) is 18.6 Å². The molecule has 0 saturated carbocycles. The summed E-state index contributed by atoms with van der Waals surface area (Å²) in [5, 5.41) is 9.59. The predicted molar refractivity (Wildman–Crippen MR) is 102 cm³/mol. The van der Waals surface area contributed by atoms with E-state index in [0.717, 1.165) is 18.5 Å². The topological polar surface area (TPSA) is 27.0 Å². The first-order valence-electron chi connectivity index (χ1n) is 8.83. The number of hydrogen-bond acceptors (Lipinski definition) is 2. The smallest absolute Gasteiger partial charge is 0.0724 e. The summed E-state index contributed by atoms with van der Waals surface area (Å²) in [4.78, 5) is 2.45. The van der Waals surface area contributed by atoms with Gasteiger partial charge in [0.05, 0.1) is 12.0 Å². The fourth-order valence-corrected chi connectivity index (χ4v) is 3.24. The van der Waals surface area contributed by atoms with Gasteiger partial charge in [-0.1, -0.05) is 54.6 Å². The second-order valence-electron chi connectivity index (χ2n) is 6.88. The van der Waals surface area contributed by atoms with Crippen LogP contribution in [-0.2, 0) is 0 Å². The summed E-state index contributed by atoms with van der Waals surface area (Å²) in [5.74, 6) is -0.0465. The van der Waals surface area contributed by atoms with Crippen LogP contribution in [0.25, 0.3) is 11.1 Å². The zero-order valence-electron chi connectivity index (χ0n) is 15.2. The van der Waals surface area contributed by atoms with E-state index in [1.165, 1.54) is 11.1 Å². The minimum atomic E-state index is -0.0465. The average Bonchev–Trinajstić information content (AvgIpc) is 2.59. The lowest BCUT2D eigenvalue weighted by molar-refractivity contribution is 0.171. The van der Waals surface area contributed by atoms with Crippen molar-refractivity contribution in [2.45, 2.75) is 52.1 Å². The van der Waals surface area contributed by atoms with Gasteiger partial charge in [-0.25, -0.2) is 0 Å². The van der Waals surface area contributed by atoms with Crippen LogP contribution in [0.15, 0.2) is 54.6 Å². The lowest BCUT2D eigenvalue weighted by Gasteiger charge is -2.31. The Morgan fingerprint density at radius 2 is 1.38 bits per heavy atom. The van der Waals surface area contributed by atoms with Gasteiger partial charge in [0.25, 0.3) is 0 Å². The lowest BCUT2D eigenvalue weighted by atomic mass is 9.94. The van der Waals surface area contributed by atoms with Crippen molar-refractivity contribution in [3.63, 3.8) is 0 Å². The minimum absolute atomic E-state index is 0.0465. The Morgan fingerprint density at radius 1 is 0.833 bits per heavy atom. The van der Waals surface area contributed by atoms with Gasteiger partial charge in [-0.05, 0) is 50.8 Å². The summed E-state index contributed by atoms with van der Waals surface area (Å²) in [7, 11) is 0. The summed E-state index contributed by atoms with van der Waals surface area (Å²) in [5.41, 5.74) is 3.52. The zero-order chi connectivity index (χ0) is 17.5. The van der Waals surface area contributed by atoms with Crippen molar-refractivity contribution in [3.8, 4) is 17.2 Å². The Labute approximate surface area is 146 Å². The van der Waals surface area contributed by atoms with Crippen molar-refractivity contribution in [3.05, 3.63) is 60.2 Å². The highest BCUT2D eigenvalue weighted by Gasteiger charge is 2.17. The number of benzene rings is 2. The van der Waals surface area contributed by atoms with Crippen LogP contribution < -0.4 is 0 Å². The second-order valence-corrected chi connectivity index (χ2v) is 6.88. The molecule has 0 aliphatic rings. The first-order valence-corrected chi connectivity index (χ1v) is 8.83. The van der Waals surface area contributed by atoms with Crippen LogP contribution in [0.4, 0.5) is 0 Å². The Balaban J connectivity index is 2.07. The van der Waals surface area contributed by atoms with E-state index >= 15 is 0 Å². The molecule has 24 heavy (non-hydrogen) atoms. The van der Waals surface area contributed by atoms with Gasteiger partial charge in [0.1, 0.15) is 0 Å². The van der Waals surface area contributed by atoms with Crippen molar-refractivity contribution in [1.82, 2.24) is 4.90 Å². The van der Waals surface area contributed by atoms with Gasteiger partial charge in [-0.2, -0.15) is 5.26 Å². The van der Waals surface area contributed by atoms with Crippen molar-refractivity contribution in [1.29, 1.82) is 5.26 Å². The van der Waals surface area contributed by atoms with E-state index in [1.807, 2.05) is 18.2 Å². The minimum Gasteiger partial charge on any atom is -0.298 e. The van der Waals surface area contributed by atoms with Gasteiger partial charge in [-0.15, -0.1) is 0 Å². The molecular formula is C22H28N2. The largest absolute Gasteiger partial charge is 0.298 e. The lowest BCUT2D eigenvalue weighted by Crippen LogP contribution is -2.38. The van der Waals surface area contributed by atoms with E-state index < -0.39 is 0 Å². The molecule has 0 bridgehead atoms. The van der Waals surface area contributed by atoms with Gasteiger partial charge in [0.2, 0.25) is 0 Å². The van der Waals surface area contributed by atoms with Crippen molar-refractivity contribution in [2.24, 2.45) is 0 Å². The molecule has 2 heteroatoms. The van der Waals surface area contributed by atoms with Crippen LogP contribution in [0.2, 0.25) is 0 Å². The van der Waals surface area contributed by atoms with Crippen LogP contribution in [-0.4, -0.2) is 23.5 Å². The quantitative estimate of drug-likeness (QED) is 0.676. The Bertz CT molecular complexity index is 643. The monoisotopic (exact) mass is 320 g/mol. The summed E-state index contributed by atoms with van der Waals surface area (Å²) in [6.45, 7) is 9.83. The Kier molecular flexibility index (Phi) is 6.58. The van der Waals surface area contributed by atoms with Crippen LogP contribution >= 0.6 is 0 Å². The van der Waals surface area contributed by atoms with Crippen LogP contribution in [0, 0.1) is 11.3 Å². The van der Waals surface area contributed by atoms with E-state index in [1.54, 1.807) is 0 Å². The van der Waals surface area contributed by atoms with Crippen molar-refractivity contribution >= 4 is 0 Å². The third-order valence-electron chi connectivity index (χ3n) is 4.58. The van der Waals surface area contributed by atoms with Gasteiger partial charge in [0.15, 0.2) is 0 Å². The van der Waals surface area contributed by atoms with Crippen LogP contribution in [0.5, 0.6) is 0 Å². The van der Waals surface area contributed by atoms with Crippen LogP contribution in [0.1, 0.15) is 45.6 Å². The molecule has 0 saturated heterocycles. The third-order valence-corrected chi connectivity index (χ3v) is 4.58. The first-order chi connectivity index (χ1) is 11.5. The summed E-state index contributed by atoms with van der Waals surface area (Å²) in [6.07, 6.45) is 0.873. The normalized spacial score (nSPS) is 12.6.